The fraction of sp³-hybridized carbons (Fsp3) is 0.190. The van der Waals surface area contributed by atoms with Crippen LogP contribution in [0.1, 0.15) is 45.9 Å². The van der Waals surface area contributed by atoms with Crippen LogP contribution in [0.3, 0.4) is 0 Å². The van der Waals surface area contributed by atoms with E-state index < -0.39 is 0 Å². The van der Waals surface area contributed by atoms with Crippen LogP contribution in [-0.2, 0) is 0 Å². The van der Waals surface area contributed by atoms with Gasteiger partial charge in [0.1, 0.15) is 0 Å². The van der Waals surface area contributed by atoms with Gasteiger partial charge in [-0.05, 0) is 43.0 Å². The second-order valence-electron chi connectivity index (χ2n) is 6.44. The number of fused-ring (bicyclic) bond motifs is 1. The molecule has 124 valence electrons. The number of nitrogens with one attached hydrogen (secondary N) is 1. The molecule has 4 heteroatoms. The van der Waals surface area contributed by atoms with Gasteiger partial charge in [-0.3, -0.25) is 9.78 Å². The van der Waals surface area contributed by atoms with Crippen molar-refractivity contribution in [3.05, 3.63) is 77.0 Å². The van der Waals surface area contributed by atoms with E-state index in [-0.39, 0.29) is 5.91 Å². The quantitative estimate of drug-likeness (QED) is 0.576. The van der Waals surface area contributed by atoms with Crippen LogP contribution in [0.2, 0.25) is 0 Å². The summed E-state index contributed by atoms with van der Waals surface area (Å²) in [4.78, 5) is 17.4. The molecule has 1 amide bonds. The summed E-state index contributed by atoms with van der Waals surface area (Å²) in [6.07, 6.45) is 3.98. The molecular formula is C21H19N3O. The van der Waals surface area contributed by atoms with Gasteiger partial charge >= 0.3 is 0 Å². The highest BCUT2D eigenvalue weighted by Gasteiger charge is 2.26. The second-order valence-corrected chi connectivity index (χ2v) is 6.44. The molecule has 4 rings (SSSR count). The van der Waals surface area contributed by atoms with E-state index in [9.17, 15) is 4.79 Å². The molecule has 25 heavy (non-hydrogen) atoms. The predicted molar refractivity (Wildman–Crippen MR) is 100.0 cm³/mol. The van der Waals surface area contributed by atoms with Gasteiger partial charge in [0.05, 0.1) is 17.3 Å². The summed E-state index contributed by atoms with van der Waals surface area (Å²) < 4.78 is 0. The van der Waals surface area contributed by atoms with E-state index in [1.165, 1.54) is 0 Å². The first-order valence-corrected chi connectivity index (χ1v) is 8.51. The Balaban J connectivity index is 1.62. The molecule has 1 aliphatic carbocycles. The number of carbonyl (C=O) groups excluding carboxylic acids is 1. The average Bonchev–Trinajstić information content (AvgIpc) is 3.47. The zero-order valence-electron chi connectivity index (χ0n) is 14.1. The van der Waals surface area contributed by atoms with Crippen molar-refractivity contribution in [3.8, 4) is 0 Å². The third-order valence-electron chi connectivity index (χ3n) is 4.53. The van der Waals surface area contributed by atoms with Gasteiger partial charge in [-0.25, -0.2) is 5.43 Å². The molecule has 1 N–H and O–H groups in total. The number of para-hydroxylation sites is 1. The SMILES string of the molecule is Cc1ccccc1/C=N/NC(=O)c1cc(C2CC2)nc2ccccc12. The molecule has 2 aromatic carbocycles. The average molecular weight is 329 g/mol. The van der Waals surface area contributed by atoms with Crippen LogP contribution >= 0.6 is 0 Å². The van der Waals surface area contributed by atoms with Crippen molar-refractivity contribution in [1.29, 1.82) is 0 Å². The summed E-state index contributed by atoms with van der Waals surface area (Å²) in [5.74, 6) is 0.289. The van der Waals surface area contributed by atoms with Gasteiger partial charge in [0, 0.05) is 17.0 Å². The van der Waals surface area contributed by atoms with E-state index in [0.29, 0.717) is 11.5 Å². The molecule has 0 radical (unpaired) electrons. The first-order chi connectivity index (χ1) is 12.2. The Hall–Kier alpha value is -3.01. The molecule has 0 aliphatic heterocycles. The summed E-state index contributed by atoms with van der Waals surface area (Å²) in [7, 11) is 0. The number of carbonyl (C=O) groups is 1. The maximum absolute atomic E-state index is 12.7. The van der Waals surface area contributed by atoms with Crippen molar-refractivity contribution in [2.24, 2.45) is 5.10 Å². The van der Waals surface area contributed by atoms with Gasteiger partial charge in [-0.1, -0.05) is 42.5 Å². The minimum absolute atomic E-state index is 0.203. The second kappa shape index (κ2) is 6.48. The fourth-order valence-electron chi connectivity index (χ4n) is 2.92. The summed E-state index contributed by atoms with van der Waals surface area (Å²) in [5, 5.41) is 4.99. The van der Waals surface area contributed by atoms with Crippen LogP contribution in [0.25, 0.3) is 10.9 Å². The van der Waals surface area contributed by atoms with E-state index in [0.717, 1.165) is 40.6 Å². The summed E-state index contributed by atoms with van der Waals surface area (Å²) in [5.41, 5.74) is 7.26. The number of aryl methyl sites for hydroxylation is 1. The lowest BCUT2D eigenvalue weighted by molar-refractivity contribution is 0.0956. The van der Waals surface area contributed by atoms with Crippen molar-refractivity contribution < 1.29 is 4.79 Å². The lowest BCUT2D eigenvalue weighted by Crippen LogP contribution is -2.18. The Morgan fingerprint density at radius 1 is 1.16 bits per heavy atom. The van der Waals surface area contributed by atoms with Crippen molar-refractivity contribution in [1.82, 2.24) is 10.4 Å². The number of hydrazone groups is 1. The third-order valence-corrected chi connectivity index (χ3v) is 4.53. The number of hydrogen-bond acceptors (Lipinski definition) is 3. The van der Waals surface area contributed by atoms with E-state index in [4.69, 9.17) is 4.98 Å². The molecule has 0 bridgehead atoms. The van der Waals surface area contributed by atoms with Crippen molar-refractivity contribution in [3.63, 3.8) is 0 Å². The fourth-order valence-corrected chi connectivity index (χ4v) is 2.92. The first-order valence-electron chi connectivity index (χ1n) is 8.51. The monoisotopic (exact) mass is 329 g/mol. The zero-order valence-corrected chi connectivity index (χ0v) is 14.1. The molecule has 0 saturated heterocycles. The minimum atomic E-state index is -0.203. The number of hydrogen-bond donors (Lipinski definition) is 1. The van der Waals surface area contributed by atoms with Crippen molar-refractivity contribution in [2.45, 2.75) is 25.7 Å². The van der Waals surface area contributed by atoms with Crippen LogP contribution in [0.4, 0.5) is 0 Å². The maximum atomic E-state index is 12.7. The normalized spacial score (nSPS) is 14.1. The zero-order chi connectivity index (χ0) is 17.2. The number of nitrogens with zero attached hydrogens (tertiary/aromatic N) is 2. The summed E-state index contributed by atoms with van der Waals surface area (Å²) >= 11 is 0. The number of aromatic nitrogens is 1. The van der Waals surface area contributed by atoms with Gasteiger partial charge in [-0.15, -0.1) is 0 Å². The van der Waals surface area contributed by atoms with Crippen molar-refractivity contribution in [2.75, 3.05) is 0 Å². The highest BCUT2D eigenvalue weighted by atomic mass is 16.2. The third kappa shape index (κ3) is 3.29. The van der Waals surface area contributed by atoms with Gasteiger partial charge in [0.25, 0.3) is 5.91 Å². The smallest absolute Gasteiger partial charge is 0.267 e. The van der Waals surface area contributed by atoms with Crippen LogP contribution < -0.4 is 5.43 Å². The molecule has 1 fully saturated rings. The Morgan fingerprint density at radius 2 is 1.92 bits per heavy atom. The number of rotatable bonds is 4. The Morgan fingerprint density at radius 3 is 2.72 bits per heavy atom. The Kier molecular flexibility index (Phi) is 4.02. The van der Waals surface area contributed by atoms with Crippen LogP contribution in [-0.4, -0.2) is 17.1 Å². The molecular weight excluding hydrogens is 310 g/mol. The van der Waals surface area contributed by atoms with Crippen LogP contribution in [0.5, 0.6) is 0 Å². The highest BCUT2D eigenvalue weighted by molar-refractivity contribution is 6.06. The van der Waals surface area contributed by atoms with Crippen LogP contribution in [0, 0.1) is 6.92 Å². The van der Waals surface area contributed by atoms with Gasteiger partial charge in [0.15, 0.2) is 0 Å². The number of amides is 1. The van der Waals surface area contributed by atoms with Crippen LogP contribution in [0.15, 0.2) is 59.7 Å². The molecule has 1 aliphatic rings. The molecule has 3 aromatic rings. The van der Waals surface area contributed by atoms with Gasteiger partial charge < -0.3 is 0 Å². The number of pyridine rings is 1. The Bertz CT molecular complexity index is 974. The van der Waals surface area contributed by atoms with Crippen molar-refractivity contribution >= 4 is 23.0 Å². The van der Waals surface area contributed by atoms with Gasteiger partial charge in [0.2, 0.25) is 0 Å². The summed E-state index contributed by atoms with van der Waals surface area (Å²) in [6.45, 7) is 2.02. The largest absolute Gasteiger partial charge is 0.272 e. The highest BCUT2D eigenvalue weighted by Crippen LogP contribution is 2.40. The predicted octanol–water partition coefficient (Wildman–Crippen LogP) is 4.18. The summed E-state index contributed by atoms with van der Waals surface area (Å²) in [6, 6.07) is 17.6. The van der Waals surface area contributed by atoms with E-state index >= 15 is 0 Å². The topological polar surface area (TPSA) is 54.4 Å². The van der Waals surface area contributed by atoms with Gasteiger partial charge in [-0.2, -0.15) is 5.10 Å². The number of benzene rings is 2. The molecule has 4 nitrogen and oxygen atoms in total. The standard InChI is InChI=1S/C21H19N3O/c1-14-6-2-3-7-16(14)13-22-24-21(25)18-12-20(15-10-11-15)23-19-9-5-4-8-17(18)19/h2-9,12-13,15H,10-11H2,1H3,(H,24,25)/b22-13+. The molecule has 1 aromatic heterocycles. The molecule has 1 saturated carbocycles. The molecule has 0 spiro atoms. The first kappa shape index (κ1) is 15.5. The maximum Gasteiger partial charge on any atom is 0.272 e. The molecule has 1 heterocycles. The molecule has 0 unspecified atom stereocenters. The lowest BCUT2D eigenvalue weighted by Gasteiger charge is -2.08. The molecule has 0 atom stereocenters. The lowest BCUT2D eigenvalue weighted by atomic mass is 10.1. The van der Waals surface area contributed by atoms with E-state index in [1.807, 2.05) is 61.5 Å². The Labute approximate surface area is 146 Å². The minimum Gasteiger partial charge on any atom is -0.267 e. The van der Waals surface area contributed by atoms with E-state index in [1.54, 1.807) is 6.21 Å². The van der Waals surface area contributed by atoms with E-state index in [2.05, 4.69) is 10.5 Å².